The van der Waals surface area contributed by atoms with Gasteiger partial charge in [-0.15, -0.1) is 19.7 Å². The highest BCUT2D eigenvalue weighted by Crippen LogP contribution is 2.19. The zero-order valence-electron chi connectivity index (χ0n) is 54.9. The van der Waals surface area contributed by atoms with Gasteiger partial charge in [0.05, 0.1) is 18.2 Å². The predicted octanol–water partition coefficient (Wildman–Crippen LogP) is 21.4. The normalized spacial score (nSPS) is 10.3. The van der Waals surface area contributed by atoms with Crippen molar-refractivity contribution in [1.82, 2.24) is 10.6 Å². The van der Waals surface area contributed by atoms with Crippen molar-refractivity contribution in [3.63, 3.8) is 0 Å². The summed E-state index contributed by atoms with van der Waals surface area (Å²) in [6.45, 7) is 63.8. The third-order valence-corrected chi connectivity index (χ3v) is 10.9. The first-order chi connectivity index (χ1) is 38.4. The molecule has 468 valence electrons. The smallest absolute Gasteiger partial charge is 0.303 e. The van der Waals surface area contributed by atoms with E-state index in [4.69, 9.17) is 5.11 Å². The van der Waals surface area contributed by atoms with Crippen LogP contribution < -0.4 is 10.6 Å². The number of carboxylic acid groups (broad SMARTS) is 1. The van der Waals surface area contributed by atoms with E-state index >= 15 is 0 Å². The van der Waals surface area contributed by atoms with Crippen LogP contribution in [0.25, 0.3) is 16.5 Å². The molecule has 8 nitrogen and oxygen atoms in total. The van der Waals surface area contributed by atoms with Crippen molar-refractivity contribution in [2.75, 3.05) is 6.54 Å². The lowest BCUT2D eigenvalue weighted by Gasteiger charge is -2.15. The summed E-state index contributed by atoms with van der Waals surface area (Å²) in [7, 11) is 0. The van der Waals surface area contributed by atoms with Crippen molar-refractivity contribution in [3.05, 3.63) is 175 Å². The van der Waals surface area contributed by atoms with Crippen LogP contribution >= 0.6 is 12.1 Å². The van der Waals surface area contributed by atoms with E-state index in [-0.39, 0.29) is 54.0 Å². The van der Waals surface area contributed by atoms with Gasteiger partial charge in [0.25, 0.3) is 5.91 Å². The molecule has 3 atom stereocenters. The van der Waals surface area contributed by atoms with Crippen LogP contribution in [-0.2, 0) is 36.8 Å². The number of carboxylic acids is 1. The van der Waals surface area contributed by atoms with Crippen LogP contribution in [0, 0.1) is 11.8 Å². The van der Waals surface area contributed by atoms with E-state index in [9.17, 15) is 27.9 Å². The van der Waals surface area contributed by atoms with E-state index in [0.717, 1.165) is 48.2 Å². The number of unbranched alkanes of at least 4 members (excludes halogenated alkanes) is 2. The maximum atomic E-state index is 12.4. The Morgan fingerprint density at radius 2 is 1.17 bits per heavy atom. The highest BCUT2D eigenvalue weighted by Gasteiger charge is 2.18. The number of amides is 1. The van der Waals surface area contributed by atoms with Gasteiger partial charge in [-0.05, 0) is 126 Å². The van der Waals surface area contributed by atoms with Gasteiger partial charge in [-0.2, -0.15) is 3.89 Å². The summed E-state index contributed by atoms with van der Waals surface area (Å²) >= 11 is -0.0295. The zero-order chi connectivity index (χ0) is 64.9. The molecule has 0 aromatic heterocycles. The van der Waals surface area contributed by atoms with Crippen LogP contribution in [0.15, 0.2) is 159 Å². The minimum absolute atomic E-state index is 0. The number of hydrogen-bond acceptors (Lipinski definition) is 7. The standard InChI is InChI=1S/C15H20FNO2S.C14H19N.C12H12.C9H18O.C8H14O2.C3H6O.4C2H6.C2H4.CH4/c1-5-7-9-14(12(4)18)17-15(19)13(8-6-2)10-11(3)20-16;1-5-13-6-8-14(9-7-13)12(4)15-10-11(2)3;1-2-10-7-8-11-5-3-4-6-12(11)9-10;1-4-5-6-7-8(2)9(3)10;1-6(2)7(3)4-5-8(9)10;1-3(2)4;5*1-2;/h5-6,8,10,14H,1,3,7,9H2,2,4H3,(H,17,19);6-9,15H,2,4-5,10H2,1,3H3;3-9H,2H2,1H3;8H,4-7H2,1-3H3;7H,1,4-5H2,2-3H3,(H,9,10);1-2H3;4*1-2H3;1-2H2;1H4/b8-6-,13-10+;;;;;;;;;;;/t;;;8-;;;;;;;;/m...1......../s1. The first-order valence-electron chi connectivity index (χ1n) is 29.2. The number of halogens is 1. The fourth-order valence-corrected chi connectivity index (χ4v) is 5.89. The third kappa shape index (κ3) is 61.5. The number of fused-ring (bicyclic) bond motifs is 1. The van der Waals surface area contributed by atoms with Crippen molar-refractivity contribution in [2.24, 2.45) is 11.8 Å². The number of carbonyl (C=O) groups is 5. The second-order valence-electron chi connectivity index (χ2n) is 17.6. The number of benzene rings is 3. The van der Waals surface area contributed by atoms with Crippen molar-refractivity contribution >= 4 is 57.8 Å². The number of ketones is 3. The van der Waals surface area contributed by atoms with Crippen LogP contribution in [0.2, 0.25) is 0 Å². The Hall–Kier alpha value is -6.13. The Labute approximate surface area is 508 Å². The molecule has 1 amide bonds. The maximum absolute atomic E-state index is 12.4. The van der Waals surface area contributed by atoms with Gasteiger partial charge >= 0.3 is 5.97 Å². The molecule has 0 fully saturated rings. The van der Waals surface area contributed by atoms with Crippen LogP contribution in [0.5, 0.6) is 0 Å². The minimum Gasteiger partial charge on any atom is -0.481 e. The number of aliphatic carboxylic acids is 1. The quantitative estimate of drug-likeness (QED) is 0.0350. The second-order valence-corrected chi connectivity index (χ2v) is 18.3. The fourth-order valence-electron chi connectivity index (χ4n) is 5.72. The molecule has 0 radical (unpaired) electrons. The summed E-state index contributed by atoms with van der Waals surface area (Å²) in [5.41, 5.74) is 7.30. The molecule has 2 unspecified atom stereocenters. The Balaban J connectivity index is -0.000000111. The molecule has 0 aliphatic heterocycles. The molecular formula is C72H121FN2O6S. The molecule has 3 rings (SSSR count). The average Bonchev–Trinajstić information content (AvgIpc) is 3.47. The highest BCUT2D eigenvalue weighted by atomic mass is 32.2. The van der Waals surface area contributed by atoms with Crippen LogP contribution in [0.3, 0.4) is 0 Å². The van der Waals surface area contributed by atoms with Crippen molar-refractivity contribution in [2.45, 2.75) is 216 Å². The molecule has 0 bridgehead atoms. The molecule has 3 aromatic carbocycles. The van der Waals surface area contributed by atoms with Gasteiger partial charge in [0.1, 0.15) is 11.6 Å². The van der Waals surface area contributed by atoms with E-state index in [1.165, 1.54) is 68.0 Å². The van der Waals surface area contributed by atoms with Gasteiger partial charge in [0.2, 0.25) is 0 Å². The molecule has 10 heteroatoms. The fraction of sp³-hybridized carbons (Fsp3) is 0.486. The van der Waals surface area contributed by atoms with Gasteiger partial charge in [0, 0.05) is 35.1 Å². The average molecular weight is 1160 g/mol. The highest BCUT2D eigenvalue weighted by molar-refractivity contribution is 7.98. The second kappa shape index (κ2) is 69.1. The van der Waals surface area contributed by atoms with Crippen molar-refractivity contribution in [3.8, 4) is 0 Å². The van der Waals surface area contributed by atoms with E-state index in [2.05, 4.69) is 144 Å². The maximum Gasteiger partial charge on any atom is 0.303 e. The number of hydrogen-bond donors (Lipinski definition) is 3. The van der Waals surface area contributed by atoms with E-state index in [0.29, 0.717) is 31.0 Å². The molecule has 0 heterocycles. The van der Waals surface area contributed by atoms with E-state index < -0.39 is 17.9 Å². The number of rotatable bonds is 24. The summed E-state index contributed by atoms with van der Waals surface area (Å²) in [4.78, 5) is 54.0. The number of aryl methyl sites for hydroxylation is 2. The lowest BCUT2D eigenvalue weighted by molar-refractivity contribution is -0.137. The van der Waals surface area contributed by atoms with Crippen LogP contribution in [0.1, 0.15) is 214 Å². The summed E-state index contributed by atoms with van der Waals surface area (Å²) < 4.78 is 12.4. The van der Waals surface area contributed by atoms with Gasteiger partial charge in [0.15, 0.2) is 5.78 Å². The molecule has 0 aliphatic carbocycles. The molecule has 3 N–H and O–H groups in total. The predicted molar refractivity (Wildman–Crippen MR) is 368 cm³/mol. The Bertz CT molecular complexity index is 2190. The lowest BCUT2D eigenvalue weighted by atomic mass is 9.99. The molecule has 3 aromatic rings. The van der Waals surface area contributed by atoms with Crippen LogP contribution in [-0.4, -0.2) is 46.9 Å². The summed E-state index contributed by atoms with van der Waals surface area (Å²) in [6, 6.07) is 23.0. The van der Waals surface area contributed by atoms with Gasteiger partial charge < -0.3 is 20.5 Å². The summed E-state index contributed by atoms with van der Waals surface area (Å²) in [6.07, 6.45) is 15.3. The lowest BCUT2D eigenvalue weighted by Crippen LogP contribution is -2.40. The third-order valence-electron chi connectivity index (χ3n) is 10.6. The van der Waals surface area contributed by atoms with Gasteiger partial charge in [-0.1, -0.05) is 239 Å². The molecular weight excluding hydrogens is 1040 g/mol. The summed E-state index contributed by atoms with van der Waals surface area (Å²) in [5.74, 6) is -0.173. The van der Waals surface area contributed by atoms with Crippen molar-refractivity contribution in [1.29, 1.82) is 0 Å². The van der Waals surface area contributed by atoms with Crippen molar-refractivity contribution < 1.29 is 33.0 Å². The number of allylic oxidation sites excluding steroid dienone is 4. The number of nitrogens with one attached hydrogen (secondary N) is 2. The zero-order valence-corrected chi connectivity index (χ0v) is 55.7. The van der Waals surface area contributed by atoms with E-state index in [1.807, 2.05) is 83.1 Å². The molecule has 82 heavy (non-hydrogen) atoms. The Morgan fingerprint density at radius 3 is 1.56 bits per heavy atom. The molecule has 0 saturated carbocycles. The minimum atomic E-state index is -0.729. The van der Waals surface area contributed by atoms with Gasteiger partial charge in [-0.25, -0.2) is 0 Å². The monoisotopic (exact) mass is 1160 g/mol. The van der Waals surface area contributed by atoms with E-state index in [1.54, 1.807) is 32.1 Å². The number of Topliss-reactive ketones (excluding diaryl/α,β-unsaturated/α-hetero) is 3. The SMILES string of the molecule is C.C=C.C=C(C)C(C)CCC(=O)O.C=C(C)CNC(=C)c1ccc(CC)cc1.C=CCCC(NC(=O)C(/C=C\C)=C/C(=C)SF)C(C)=O.CC.CC.CC.CC.CC(C)=O.CCCCC[C@@H](C)C(C)=O.CCc1ccc2ccccc2c1. The van der Waals surface area contributed by atoms with Crippen LogP contribution in [0.4, 0.5) is 3.89 Å². The summed E-state index contributed by atoms with van der Waals surface area (Å²) in [5, 5.41) is 16.9. The topological polar surface area (TPSA) is 130 Å². The first-order valence-corrected chi connectivity index (χ1v) is 29.9. The molecule has 0 spiro atoms. The Kier molecular flexibility index (Phi) is 80.2. The molecule has 0 saturated heterocycles. The number of carbonyl (C=O) groups excluding carboxylic acids is 4. The molecule has 0 aliphatic rings. The van der Waals surface area contributed by atoms with Gasteiger partial charge in [-0.3, -0.25) is 19.2 Å². The Morgan fingerprint density at radius 1 is 0.683 bits per heavy atom. The first kappa shape index (κ1) is 95.1. The largest absolute Gasteiger partial charge is 0.481 e.